The van der Waals surface area contributed by atoms with E-state index in [1.165, 1.54) is 10.9 Å². The Morgan fingerprint density at radius 3 is 2.68 bits per heavy atom. The van der Waals surface area contributed by atoms with Crippen molar-refractivity contribution in [3.05, 3.63) is 36.5 Å². The number of para-hydroxylation sites is 1. The largest absolute Gasteiger partial charge is 0.355 e. The molecule has 0 bridgehead atoms. The summed E-state index contributed by atoms with van der Waals surface area (Å²) in [6.45, 7) is 6.72. The predicted octanol–water partition coefficient (Wildman–Crippen LogP) is 2.74. The van der Waals surface area contributed by atoms with Crippen LogP contribution in [0.25, 0.3) is 10.9 Å². The molecule has 0 aliphatic carbocycles. The highest BCUT2D eigenvalue weighted by molar-refractivity contribution is 5.80. The molecule has 0 aliphatic rings. The van der Waals surface area contributed by atoms with Crippen molar-refractivity contribution in [1.29, 1.82) is 0 Å². The first-order valence-corrected chi connectivity index (χ1v) is 7.83. The molecule has 0 radical (unpaired) electrons. The van der Waals surface area contributed by atoms with E-state index in [1.807, 2.05) is 18.3 Å². The van der Waals surface area contributed by atoms with Crippen LogP contribution in [0.2, 0.25) is 0 Å². The molecule has 1 aromatic heterocycles. The van der Waals surface area contributed by atoms with Crippen molar-refractivity contribution >= 4 is 16.8 Å². The topological polar surface area (TPSA) is 37.3 Å². The Labute approximate surface area is 133 Å². The lowest BCUT2D eigenvalue weighted by Gasteiger charge is -2.28. The Morgan fingerprint density at radius 1 is 1.23 bits per heavy atom. The Bertz CT molecular complexity index is 628. The third-order valence-corrected chi connectivity index (χ3v) is 3.77. The van der Waals surface area contributed by atoms with Crippen molar-refractivity contribution in [3.63, 3.8) is 0 Å². The van der Waals surface area contributed by atoms with Gasteiger partial charge in [-0.25, -0.2) is 0 Å². The molecule has 0 fully saturated rings. The van der Waals surface area contributed by atoms with E-state index in [1.54, 1.807) is 0 Å². The number of rotatable bonds is 7. The summed E-state index contributed by atoms with van der Waals surface area (Å²) in [7, 11) is 4.11. The van der Waals surface area contributed by atoms with E-state index in [4.69, 9.17) is 0 Å². The van der Waals surface area contributed by atoms with Gasteiger partial charge in [-0.2, -0.15) is 0 Å². The minimum Gasteiger partial charge on any atom is -0.355 e. The number of aryl methyl sites for hydroxylation is 1. The summed E-state index contributed by atoms with van der Waals surface area (Å²) in [6.07, 6.45) is 2.56. The zero-order valence-electron chi connectivity index (χ0n) is 14.1. The van der Waals surface area contributed by atoms with Crippen LogP contribution < -0.4 is 5.32 Å². The Morgan fingerprint density at radius 2 is 1.95 bits per heavy atom. The molecule has 1 heterocycles. The number of amides is 1. The summed E-state index contributed by atoms with van der Waals surface area (Å²) in [5, 5.41) is 4.28. The second kappa shape index (κ2) is 6.97. The maximum Gasteiger partial charge on any atom is 0.221 e. The lowest BCUT2D eigenvalue weighted by atomic mass is 9.93. The number of aromatic nitrogens is 1. The number of carbonyl (C=O) groups is 1. The fraction of sp³-hybridized carbons (Fsp3) is 0.500. The van der Waals surface area contributed by atoms with Gasteiger partial charge in [-0.1, -0.05) is 32.0 Å². The van der Waals surface area contributed by atoms with Crippen LogP contribution in [0.3, 0.4) is 0 Å². The summed E-state index contributed by atoms with van der Waals surface area (Å²) < 4.78 is 2.14. The molecule has 4 nitrogen and oxygen atoms in total. The molecule has 1 amide bonds. The Hall–Kier alpha value is -1.81. The fourth-order valence-electron chi connectivity index (χ4n) is 2.90. The second-order valence-corrected chi connectivity index (χ2v) is 7.00. The normalized spacial score (nSPS) is 12.0. The maximum absolute atomic E-state index is 12.1. The minimum absolute atomic E-state index is 0.0826. The molecule has 120 valence electrons. The minimum atomic E-state index is 0.0826. The van der Waals surface area contributed by atoms with Gasteiger partial charge in [0.15, 0.2) is 0 Å². The van der Waals surface area contributed by atoms with Gasteiger partial charge in [0, 0.05) is 37.8 Å². The van der Waals surface area contributed by atoms with Crippen molar-refractivity contribution in [2.45, 2.75) is 26.8 Å². The van der Waals surface area contributed by atoms with Crippen molar-refractivity contribution in [3.8, 4) is 0 Å². The molecule has 0 aliphatic heterocycles. The fourth-order valence-corrected chi connectivity index (χ4v) is 2.90. The lowest BCUT2D eigenvalue weighted by Crippen LogP contribution is -2.40. The van der Waals surface area contributed by atoms with Crippen LogP contribution in [-0.2, 0) is 11.3 Å². The van der Waals surface area contributed by atoms with Gasteiger partial charge < -0.3 is 14.8 Å². The molecular weight excluding hydrogens is 274 g/mol. The number of hydrogen-bond acceptors (Lipinski definition) is 2. The Kier molecular flexibility index (Phi) is 5.24. The highest BCUT2D eigenvalue weighted by Gasteiger charge is 2.19. The van der Waals surface area contributed by atoms with E-state index in [9.17, 15) is 4.79 Å². The van der Waals surface area contributed by atoms with Gasteiger partial charge in [-0.05, 0) is 37.0 Å². The summed E-state index contributed by atoms with van der Waals surface area (Å²) in [5.74, 6) is 0.115. The van der Waals surface area contributed by atoms with Crippen LogP contribution in [0.1, 0.15) is 20.3 Å². The third kappa shape index (κ3) is 4.60. The number of nitrogens with zero attached hydrogens (tertiary/aromatic N) is 2. The standard InChI is InChI=1S/C18H27N3O/c1-18(2,14-20(3)4)13-19-17(22)10-12-21-11-9-15-7-5-6-8-16(15)21/h5-9,11H,10,12-14H2,1-4H3,(H,19,22). The summed E-state index contributed by atoms with van der Waals surface area (Å²) >= 11 is 0. The van der Waals surface area contributed by atoms with Crippen molar-refractivity contribution in [1.82, 2.24) is 14.8 Å². The van der Waals surface area contributed by atoms with Gasteiger partial charge >= 0.3 is 0 Å². The first-order chi connectivity index (χ1) is 10.4. The van der Waals surface area contributed by atoms with E-state index in [-0.39, 0.29) is 11.3 Å². The van der Waals surface area contributed by atoms with Crippen LogP contribution in [0.4, 0.5) is 0 Å². The van der Waals surface area contributed by atoms with Gasteiger partial charge in [0.2, 0.25) is 5.91 Å². The van der Waals surface area contributed by atoms with Crippen LogP contribution in [0.15, 0.2) is 36.5 Å². The van der Waals surface area contributed by atoms with E-state index in [0.717, 1.165) is 6.54 Å². The molecule has 22 heavy (non-hydrogen) atoms. The van der Waals surface area contributed by atoms with E-state index in [2.05, 4.69) is 60.9 Å². The highest BCUT2D eigenvalue weighted by atomic mass is 16.1. The molecule has 2 rings (SSSR count). The van der Waals surface area contributed by atoms with Gasteiger partial charge in [-0.15, -0.1) is 0 Å². The SMILES string of the molecule is CN(C)CC(C)(C)CNC(=O)CCn1ccc2ccccc21. The second-order valence-electron chi connectivity index (χ2n) is 7.00. The van der Waals surface area contributed by atoms with Crippen LogP contribution in [-0.4, -0.2) is 42.6 Å². The number of carbonyl (C=O) groups excluding carboxylic acids is 1. The molecule has 0 spiro atoms. The summed E-state index contributed by atoms with van der Waals surface area (Å²) in [6, 6.07) is 10.3. The van der Waals surface area contributed by atoms with Crippen molar-refractivity contribution in [2.24, 2.45) is 5.41 Å². The number of benzene rings is 1. The van der Waals surface area contributed by atoms with Crippen LogP contribution in [0.5, 0.6) is 0 Å². The van der Waals surface area contributed by atoms with Gasteiger partial charge in [0.25, 0.3) is 0 Å². The van der Waals surface area contributed by atoms with E-state index >= 15 is 0 Å². The third-order valence-electron chi connectivity index (χ3n) is 3.77. The first-order valence-electron chi connectivity index (χ1n) is 7.83. The quantitative estimate of drug-likeness (QED) is 0.854. The van der Waals surface area contributed by atoms with E-state index in [0.29, 0.717) is 19.5 Å². The zero-order valence-corrected chi connectivity index (χ0v) is 14.1. The van der Waals surface area contributed by atoms with Gasteiger partial charge in [0.05, 0.1) is 0 Å². The average molecular weight is 301 g/mol. The first kappa shape index (κ1) is 16.6. The average Bonchev–Trinajstić information content (AvgIpc) is 2.85. The monoisotopic (exact) mass is 301 g/mol. The van der Waals surface area contributed by atoms with Crippen LogP contribution >= 0.6 is 0 Å². The molecule has 1 aromatic carbocycles. The molecule has 0 atom stereocenters. The zero-order chi connectivity index (χ0) is 16.2. The Balaban J connectivity index is 1.83. The van der Waals surface area contributed by atoms with Gasteiger partial charge in [0.1, 0.15) is 0 Å². The molecular formula is C18H27N3O. The summed E-state index contributed by atoms with van der Waals surface area (Å²) in [4.78, 5) is 14.2. The molecule has 0 saturated carbocycles. The molecule has 2 aromatic rings. The van der Waals surface area contributed by atoms with Crippen LogP contribution in [0, 0.1) is 5.41 Å². The maximum atomic E-state index is 12.1. The highest BCUT2D eigenvalue weighted by Crippen LogP contribution is 2.16. The smallest absolute Gasteiger partial charge is 0.221 e. The van der Waals surface area contributed by atoms with Crippen molar-refractivity contribution in [2.75, 3.05) is 27.2 Å². The molecule has 0 saturated heterocycles. The molecule has 1 N–H and O–H groups in total. The molecule has 4 heteroatoms. The summed E-state index contributed by atoms with van der Waals surface area (Å²) in [5.41, 5.74) is 1.27. The van der Waals surface area contributed by atoms with Gasteiger partial charge in [-0.3, -0.25) is 4.79 Å². The number of fused-ring (bicyclic) bond motifs is 1. The lowest BCUT2D eigenvalue weighted by molar-refractivity contribution is -0.121. The number of nitrogens with one attached hydrogen (secondary N) is 1. The predicted molar refractivity (Wildman–Crippen MR) is 91.9 cm³/mol. The van der Waals surface area contributed by atoms with Crippen molar-refractivity contribution < 1.29 is 4.79 Å². The molecule has 0 unspecified atom stereocenters. The number of hydrogen-bond donors (Lipinski definition) is 1. The van der Waals surface area contributed by atoms with E-state index < -0.39 is 0 Å².